The number of halogens is 2. The van der Waals surface area contributed by atoms with E-state index in [4.69, 9.17) is 5.73 Å². The van der Waals surface area contributed by atoms with Gasteiger partial charge in [-0.05, 0) is 30.5 Å². The maximum absolute atomic E-state index is 13.9. The highest BCUT2D eigenvalue weighted by Crippen LogP contribution is 2.24. The summed E-state index contributed by atoms with van der Waals surface area (Å²) in [5, 5.41) is 1.21. The third-order valence-corrected chi connectivity index (χ3v) is 4.18. The summed E-state index contributed by atoms with van der Waals surface area (Å²) < 4.78 is 16.0. The SMILES string of the molecule is CCC(N)Cc1cn(Cc2ccccc2F)c2ccccc12.Cl. The van der Waals surface area contributed by atoms with Gasteiger partial charge >= 0.3 is 0 Å². The van der Waals surface area contributed by atoms with Gasteiger partial charge in [-0.3, -0.25) is 0 Å². The van der Waals surface area contributed by atoms with Crippen molar-refractivity contribution in [1.82, 2.24) is 4.57 Å². The van der Waals surface area contributed by atoms with Crippen molar-refractivity contribution in [2.75, 3.05) is 0 Å². The van der Waals surface area contributed by atoms with Gasteiger partial charge < -0.3 is 10.3 Å². The van der Waals surface area contributed by atoms with Crippen LogP contribution in [-0.4, -0.2) is 10.6 Å². The van der Waals surface area contributed by atoms with E-state index in [1.165, 1.54) is 17.0 Å². The van der Waals surface area contributed by atoms with Crippen LogP contribution in [0, 0.1) is 5.82 Å². The monoisotopic (exact) mass is 332 g/mol. The molecule has 0 bridgehead atoms. The lowest BCUT2D eigenvalue weighted by Crippen LogP contribution is -2.21. The maximum atomic E-state index is 13.9. The largest absolute Gasteiger partial charge is 0.343 e. The molecule has 2 nitrogen and oxygen atoms in total. The molecule has 122 valence electrons. The van der Waals surface area contributed by atoms with Crippen molar-refractivity contribution in [3.63, 3.8) is 0 Å². The molecule has 3 aromatic rings. The highest BCUT2D eigenvalue weighted by molar-refractivity contribution is 5.85. The Balaban J connectivity index is 0.00000192. The molecule has 2 aromatic carbocycles. The molecule has 1 heterocycles. The summed E-state index contributed by atoms with van der Waals surface area (Å²) in [7, 11) is 0. The Kier molecular flexibility index (Phi) is 5.80. The Hall–Kier alpha value is -1.84. The third kappa shape index (κ3) is 3.74. The van der Waals surface area contributed by atoms with Crippen LogP contribution in [0.15, 0.2) is 54.7 Å². The van der Waals surface area contributed by atoms with Gasteiger partial charge in [0, 0.05) is 28.7 Å². The fourth-order valence-electron chi connectivity index (χ4n) is 2.85. The zero-order valence-corrected chi connectivity index (χ0v) is 14.0. The normalized spacial score (nSPS) is 12.1. The molecule has 2 N–H and O–H groups in total. The van der Waals surface area contributed by atoms with Crippen LogP contribution in [0.1, 0.15) is 24.5 Å². The lowest BCUT2D eigenvalue weighted by molar-refractivity contribution is 0.601. The van der Waals surface area contributed by atoms with Gasteiger partial charge in [-0.1, -0.05) is 43.3 Å². The molecule has 0 fully saturated rings. The second-order valence-electron chi connectivity index (χ2n) is 5.76. The molecular weight excluding hydrogens is 311 g/mol. The van der Waals surface area contributed by atoms with Crippen LogP contribution in [0.3, 0.4) is 0 Å². The zero-order chi connectivity index (χ0) is 15.5. The van der Waals surface area contributed by atoms with Gasteiger partial charge in [-0.25, -0.2) is 4.39 Å². The molecule has 1 aromatic heterocycles. The van der Waals surface area contributed by atoms with E-state index in [0.717, 1.165) is 18.4 Å². The van der Waals surface area contributed by atoms with E-state index in [2.05, 4.69) is 29.8 Å². The van der Waals surface area contributed by atoms with E-state index in [1.807, 2.05) is 24.3 Å². The smallest absolute Gasteiger partial charge is 0.128 e. The standard InChI is InChI=1S/C19H21FN2.ClH/c1-2-16(21)11-15-13-22(19-10-6-4-8-17(15)19)12-14-7-3-5-9-18(14)20;/h3-10,13,16H,2,11-12,21H2,1H3;1H. The number of rotatable bonds is 5. The molecule has 0 aliphatic heterocycles. The second kappa shape index (κ2) is 7.62. The van der Waals surface area contributed by atoms with Crippen molar-refractivity contribution in [2.24, 2.45) is 5.73 Å². The lowest BCUT2D eigenvalue weighted by Gasteiger charge is -2.07. The lowest BCUT2D eigenvalue weighted by atomic mass is 10.0. The summed E-state index contributed by atoms with van der Waals surface area (Å²) in [6.45, 7) is 2.64. The Morgan fingerprint density at radius 2 is 1.74 bits per heavy atom. The molecule has 0 radical (unpaired) electrons. The highest BCUT2D eigenvalue weighted by Gasteiger charge is 2.12. The van der Waals surface area contributed by atoms with Gasteiger partial charge in [0.25, 0.3) is 0 Å². The number of fused-ring (bicyclic) bond motifs is 1. The first-order valence-corrected chi connectivity index (χ1v) is 7.74. The van der Waals surface area contributed by atoms with E-state index in [1.54, 1.807) is 6.07 Å². The van der Waals surface area contributed by atoms with Crippen LogP contribution in [0.25, 0.3) is 10.9 Å². The molecule has 1 unspecified atom stereocenters. The van der Waals surface area contributed by atoms with Gasteiger partial charge in [-0.15, -0.1) is 12.4 Å². The van der Waals surface area contributed by atoms with E-state index in [9.17, 15) is 4.39 Å². The summed E-state index contributed by atoms with van der Waals surface area (Å²) in [6, 6.07) is 15.3. The molecule has 3 rings (SSSR count). The molecule has 4 heteroatoms. The minimum Gasteiger partial charge on any atom is -0.343 e. The van der Waals surface area contributed by atoms with Crippen LogP contribution in [0.2, 0.25) is 0 Å². The first-order valence-electron chi connectivity index (χ1n) is 7.74. The average Bonchev–Trinajstić information content (AvgIpc) is 2.88. The van der Waals surface area contributed by atoms with Crippen molar-refractivity contribution in [3.8, 4) is 0 Å². The fraction of sp³-hybridized carbons (Fsp3) is 0.263. The Morgan fingerprint density at radius 1 is 1.04 bits per heavy atom. The van der Waals surface area contributed by atoms with Crippen molar-refractivity contribution in [2.45, 2.75) is 32.4 Å². The van der Waals surface area contributed by atoms with E-state index in [-0.39, 0.29) is 24.3 Å². The van der Waals surface area contributed by atoms with Crippen molar-refractivity contribution in [1.29, 1.82) is 0 Å². The summed E-state index contributed by atoms with van der Waals surface area (Å²) in [6.07, 6.45) is 3.92. The molecule has 0 spiro atoms. The molecule has 0 amide bonds. The van der Waals surface area contributed by atoms with Crippen molar-refractivity contribution in [3.05, 3.63) is 71.7 Å². The second-order valence-corrected chi connectivity index (χ2v) is 5.76. The van der Waals surface area contributed by atoms with Crippen molar-refractivity contribution < 1.29 is 4.39 Å². The van der Waals surface area contributed by atoms with Gasteiger partial charge in [0.15, 0.2) is 0 Å². The Labute approximate surface area is 142 Å². The Morgan fingerprint density at radius 3 is 2.48 bits per heavy atom. The topological polar surface area (TPSA) is 30.9 Å². The fourth-order valence-corrected chi connectivity index (χ4v) is 2.85. The third-order valence-electron chi connectivity index (χ3n) is 4.18. The summed E-state index contributed by atoms with van der Waals surface area (Å²) in [4.78, 5) is 0. The number of para-hydroxylation sites is 1. The highest BCUT2D eigenvalue weighted by atomic mass is 35.5. The van der Waals surface area contributed by atoms with E-state index >= 15 is 0 Å². The molecular formula is C19H22ClFN2. The first kappa shape index (κ1) is 17.5. The Bertz CT molecular complexity index is 782. The number of aromatic nitrogens is 1. The van der Waals surface area contributed by atoms with Crippen LogP contribution in [0.5, 0.6) is 0 Å². The molecule has 0 saturated carbocycles. The number of hydrogen-bond acceptors (Lipinski definition) is 1. The molecule has 23 heavy (non-hydrogen) atoms. The molecule has 0 aliphatic rings. The summed E-state index contributed by atoms with van der Waals surface area (Å²) in [5.74, 6) is -0.160. The van der Waals surface area contributed by atoms with Gasteiger partial charge in [0.2, 0.25) is 0 Å². The minimum atomic E-state index is -0.160. The van der Waals surface area contributed by atoms with Crippen LogP contribution in [0.4, 0.5) is 4.39 Å². The van der Waals surface area contributed by atoms with Crippen LogP contribution >= 0.6 is 12.4 Å². The van der Waals surface area contributed by atoms with Gasteiger partial charge in [0.1, 0.15) is 5.82 Å². The minimum absolute atomic E-state index is 0. The van der Waals surface area contributed by atoms with Crippen LogP contribution in [-0.2, 0) is 13.0 Å². The maximum Gasteiger partial charge on any atom is 0.128 e. The molecule has 1 atom stereocenters. The first-order chi connectivity index (χ1) is 10.7. The summed E-state index contributed by atoms with van der Waals surface area (Å²) >= 11 is 0. The quantitative estimate of drug-likeness (QED) is 0.731. The predicted octanol–water partition coefficient (Wildman–Crippen LogP) is 4.53. The number of nitrogens with zero attached hydrogens (tertiary/aromatic N) is 1. The number of nitrogens with two attached hydrogens (primary N) is 1. The zero-order valence-electron chi connectivity index (χ0n) is 13.2. The number of hydrogen-bond donors (Lipinski definition) is 1. The van der Waals surface area contributed by atoms with E-state index in [0.29, 0.717) is 12.1 Å². The van der Waals surface area contributed by atoms with Gasteiger partial charge in [-0.2, -0.15) is 0 Å². The van der Waals surface area contributed by atoms with Crippen LogP contribution < -0.4 is 5.73 Å². The van der Waals surface area contributed by atoms with Gasteiger partial charge in [0.05, 0.1) is 6.54 Å². The average molecular weight is 333 g/mol. The number of benzene rings is 2. The van der Waals surface area contributed by atoms with Crippen molar-refractivity contribution >= 4 is 23.3 Å². The predicted molar refractivity (Wildman–Crippen MR) is 96.7 cm³/mol. The summed E-state index contributed by atoms with van der Waals surface area (Å²) in [5.41, 5.74) is 9.18. The molecule has 0 saturated heterocycles. The van der Waals surface area contributed by atoms with E-state index < -0.39 is 0 Å². The molecule has 0 aliphatic carbocycles.